The van der Waals surface area contributed by atoms with Gasteiger partial charge in [-0.15, -0.1) is 0 Å². The molecule has 0 fully saturated rings. The van der Waals surface area contributed by atoms with Gasteiger partial charge in [0.05, 0.1) is 0 Å². The maximum Gasteiger partial charge on any atom is 0.0442 e. The lowest BCUT2D eigenvalue weighted by molar-refractivity contribution is 0.830. The first-order valence-electron chi connectivity index (χ1n) is 4.27. The van der Waals surface area contributed by atoms with E-state index in [1.54, 1.807) is 0 Å². The van der Waals surface area contributed by atoms with Crippen molar-refractivity contribution in [2.75, 3.05) is 11.5 Å². The smallest absolute Gasteiger partial charge is 0.0442 e. The highest BCUT2D eigenvalue weighted by Crippen LogP contribution is 2.02. The molecule has 0 N–H and O–H groups in total. The van der Waals surface area contributed by atoms with Crippen LogP contribution in [-0.2, 0) is 0 Å². The molecule has 11 heavy (non-hydrogen) atoms. The Kier molecular flexibility index (Phi) is 6.73. The van der Waals surface area contributed by atoms with Gasteiger partial charge in [0, 0.05) is 11.8 Å². The fourth-order valence-corrected chi connectivity index (χ4v) is 1.60. The van der Waals surface area contributed by atoms with Crippen molar-refractivity contribution in [1.82, 2.24) is 0 Å². The minimum Gasteiger partial charge on any atom is -0.292 e. The molecule has 0 saturated heterocycles. The fourth-order valence-electron chi connectivity index (χ4n) is 0.870. The third kappa shape index (κ3) is 7.92. The first kappa shape index (κ1) is 11.0. The van der Waals surface area contributed by atoms with E-state index < -0.39 is 0 Å². The van der Waals surface area contributed by atoms with Crippen LogP contribution in [-0.4, -0.2) is 23.3 Å². The molecular formula is C9H19NS. The molecular weight excluding hydrogens is 154 g/mol. The van der Waals surface area contributed by atoms with Gasteiger partial charge in [-0.05, 0) is 38.7 Å². The summed E-state index contributed by atoms with van der Waals surface area (Å²) in [5.74, 6) is 2.44. The van der Waals surface area contributed by atoms with Crippen molar-refractivity contribution in [2.24, 2.45) is 4.99 Å². The highest BCUT2D eigenvalue weighted by atomic mass is 32.2. The van der Waals surface area contributed by atoms with E-state index in [4.69, 9.17) is 0 Å². The van der Waals surface area contributed by atoms with E-state index in [1.165, 1.54) is 17.2 Å². The molecule has 0 unspecified atom stereocenters. The van der Waals surface area contributed by atoms with Gasteiger partial charge < -0.3 is 0 Å². The van der Waals surface area contributed by atoms with Crippen molar-refractivity contribution >= 4 is 17.5 Å². The summed E-state index contributed by atoms with van der Waals surface area (Å²) < 4.78 is 0. The maximum absolute atomic E-state index is 4.45. The number of aliphatic imine (C=N–C) groups is 1. The van der Waals surface area contributed by atoms with Crippen LogP contribution in [0.3, 0.4) is 0 Å². The third-order valence-corrected chi connectivity index (χ3v) is 2.19. The van der Waals surface area contributed by atoms with Gasteiger partial charge in [-0.1, -0.05) is 6.92 Å². The molecule has 0 saturated carbocycles. The molecule has 0 spiro atoms. The van der Waals surface area contributed by atoms with Gasteiger partial charge in [-0.3, -0.25) is 4.99 Å². The van der Waals surface area contributed by atoms with Crippen molar-refractivity contribution in [3.63, 3.8) is 0 Å². The second kappa shape index (κ2) is 6.71. The summed E-state index contributed by atoms with van der Waals surface area (Å²) in [5, 5.41) is 0. The van der Waals surface area contributed by atoms with Gasteiger partial charge in [0.15, 0.2) is 0 Å². The molecule has 0 atom stereocenters. The number of hydrogen-bond acceptors (Lipinski definition) is 2. The predicted molar refractivity (Wildman–Crippen MR) is 55.9 cm³/mol. The van der Waals surface area contributed by atoms with Crippen LogP contribution in [0.15, 0.2) is 4.99 Å². The number of nitrogens with zero attached hydrogens (tertiary/aromatic N) is 1. The molecule has 66 valence electrons. The molecule has 0 aromatic rings. The fraction of sp³-hybridized carbons (Fsp3) is 0.889. The minimum atomic E-state index is 0.460. The Morgan fingerprint density at radius 3 is 2.55 bits per heavy atom. The molecule has 0 aromatic heterocycles. The Balaban J connectivity index is 3.43. The lowest BCUT2D eigenvalue weighted by atomic mass is 10.3. The topological polar surface area (TPSA) is 12.4 Å². The van der Waals surface area contributed by atoms with Crippen LogP contribution in [0.1, 0.15) is 34.1 Å². The Hall–Kier alpha value is 0.0200. The average molecular weight is 173 g/mol. The molecule has 0 rings (SSSR count). The molecule has 0 radical (unpaired) electrons. The van der Waals surface area contributed by atoms with Crippen LogP contribution in [0.2, 0.25) is 0 Å². The minimum absolute atomic E-state index is 0.460. The average Bonchev–Trinajstić information content (AvgIpc) is 1.86. The standard InChI is InChI=1S/C9H19NS/c1-5-11-7-6-9(4)10-8(2)3/h8H,5-7H2,1-4H3. The highest BCUT2D eigenvalue weighted by molar-refractivity contribution is 7.99. The molecule has 0 aliphatic carbocycles. The summed E-state index contributed by atoms with van der Waals surface area (Å²) >= 11 is 1.98. The Labute approximate surface area is 74.7 Å². The van der Waals surface area contributed by atoms with Crippen LogP contribution >= 0.6 is 11.8 Å². The first-order chi connectivity index (χ1) is 5.16. The molecule has 0 aliphatic rings. The Morgan fingerprint density at radius 2 is 2.09 bits per heavy atom. The molecule has 0 amide bonds. The lowest BCUT2D eigenvalue weighted by Gasteiger charge is -2.01. The summed E-state index contributed by atoms with van der Waals surface area (Å²) in [6.07, 6.45) is 1.15. The van der Waals surface area contributed by atoms with E-state index in [0.717, 1.165) is 6.42 Å². The quantitative estimate of drug-likeness (QED) is 0.460. The second-order valence-electron chi connectivity index (χ2n) is 2.91. The second-order valence-corrected chi connectivity index (χ2v) is 4.30. The van der Waals surface area contributed by atoms with E-state index in [-0.39, 0.29) is 0 Å². The van der Waals surface area contributed by atoms with Gasteiger partial charge in [0.1, 0.15) is 0 Å². The SMILES string of the molecule is CCSCCC(C)=NC(C)C. The summed E-state index contributed by atoms with van der Waals surface area (Å²) in [4.78, 5) is 4.45. The summed E-state index contributed by atoms with van der Waals surface area (Å²) in [6.45, 7) is 8.56. The zero-order valence-corrected chi connectivity index (χ0v) is 8.87. The van der Waals surface area contributed by atoms with Gasteiger partial charge in [0.2, 0.25) is 0 Å². The van der Waals surface area contributed by atoms with E-state index >= 15 is 0 Å². The Morgan fingerprint density at radius 1 is 1.45 bits per heavy atom. The van der Waals surface area contributed by atoms with Gasteiger partial charge in [-0.25, -0.2) is 0 Å². The predicted octanol–water partition coefficient (Wildman–Crippen LogP) is 3.00. The summed E-state index contributed by atoms with van der Waals surface area (Å²) in [5.41, 5.74) is 1.29. The molecule has 0 aromatic carbocycles. The van der Waals surface area contributed by atoms with Crippen LogP contribution in [0.25, 0.3) is 0 Å². The van der Waals surface area contributed by atoms with Crippen molar-refractivity contribution in [1.29, 1.82) is 0 Å². The zero-order valence-electron chi connectivity index (χ0n) is 8.05. The monoisotopic (exact) mass is 173 g/mol. The van der Waals surface area contributed by atoms with Crippen molar-refractivity contribution in [2.45, 2.75) is 40.2 Å². The summed E-state index contributed by atoms with van der Waals surface area (Å²) in [7, 11) is 0. The van der Waals surface area contributed by atoms with Crippen LogP contribution in [0.4, 0.5) is 0 Å². The van der Waals surface area contributed by atoms with Crippen LogP contribution in [0, 0.1) is 0 Å². The van der Waals surface area contributed by atoms with Crippen LogP contribution in [0.5, 0.6) is 0 Å². The Bertz CT molecular complexity index is 119. The third-order valence-electron chi connectivity index (χ3n) is 1.29. The lowest BCUT2D eigenvalue weighted by Crippen LogP contribution is -1.99. The van der Waals surface area contributed by atoms with Gasteiger partial charge in [0.25, 0.3) is 0 Å². The normalized spacial score (nSPS) is 12.6. The highest BCUT2D eigenvalue weighted by Gasteiger charge is 1.93. The molecule has 2 heteroatoms. The van der Waals surface area contributed by atoms with Crippen molar-refractivity contribution < 1.29 is 0 Å². The van der Waals surface area contributed by atoms with E-state index in [0.29, 0.717) is 6.04 Å². The molecule has 1 nitrogen and oxygen atoms in total. The molecule has 0 aliphatic heterocycles. The van der Waals surface area contributed by atoms with E-state index in [1.807, 2.05) is 11.8 Å². The van der Waals surface area contributed by atoms with Crippen LogP contribution < -0.4 is 0 Å². The van der Waals surface area contributed by atoms with Crippen molar-refractivity contribution in [3.05, 3.63) is 0 Å². The largest absolute Gasteiger partial charge is 0.292 e. The maximum atomic E-state index is 4.45. The number of hydrogen-bond donors (Lipinski definition) is 0. The van der Waals surface area contributed by atoms with Gasteiger partial charge >= 0.3 is 0 Å². The van der Waals surface area contributed by atoms with E-state index in [9.17, 15) is 0 Å². The number of rotatable bonds is 5. The van der Waals surface area contributed by atoms with E-state index in [2.05, 4.69) is 32.7 Å². The number of thioether (sulfide) groups is 1. The molecule has 0 heterocycles. The first-order valence-corrected chi connectivity index (χ1v) is 5.43. The van der Waals surface area contributed by atoms with Gasteiger partial charge in [-0.2, -0.15) is 11.8 Å². The van der Waals surface area contributed by atoms with Crippen molar-refractivity contribution in [3.8, 4) is 0 Å². The zero-order chi connectivity index (χ0) is 8.69. The summed E-state index contributed by atoms with van der Waals surface area (Å²) in [6, 6.07) is 0.460. The molecule has 0 bridgehead atoms.